The molecule has 0 unspecified atom stereocenters. The molecule has 0 amide bonds. The van der Waals surface area contributed by atoms with Crippen molar-refractivity contribution in [1.82, 2.24) is 4.57 Å². The maximum atomic E-state index is 12.9. The first-order valence-electron chi connectivity index (χ1n) is 9.33. The van der Waals surface area contributed by atoms with Gasteiger partial charge in [0.1, 0.15) is 11.6 Å². The molecule has 0 atom stereocenters. The van der Waals surface area contributed by atoms with Gasteiger partial charge in [0.15, 0.2) is 0 Å². The Labute approximate surface area is 165 Å². The number of aromatic hydroxyl groups is 1. The molecule has 29 heavy (non-hydrogen) atoms. The summed E-state index contributed by atoms with van der Waals surface area (Å²) < 4.78 is 39.9. The summed E-state index contributed by atoms with van der Waals surface area (Å²) in [6.45, 7) is 1.51. The van der Waals surface area contributed by atoms with E-state index in [2.05, 4.69) is 4.99 Å². The molecule has 3 rings (SSSR count). The predicted octanol–water partition coefficient (Wildman–Crippen LogP) is 5.01. The Kier molecular flexibility index (Phi) is 5.78. The first-order valence-corrected chi connectivity index (χ1v) is 9.33. The average molecular weight is 403 g/mol. The number of hydrogen-bond donors (Lipinski definition) is 1. The molecule has 5 nitrogen and oxygen atoms in total. The van der Waals surface area contributed by atoms with Crippen LogP contribution in [0.15, 0.2) is 34.1 Å². The van der Waals surface area contributed by atoms with Crippen LogP contribution in [-0.4, -0.2) is 15.9 Å². The molecule has 0 spiro atoms. The Morgan fingerprint density at radius 3 is 2.59 bits per heavy atom. The third-order valence-corrected chi connectivity index (χ3v) is 5.25. The number of pyridine rings is 1. The van der Waals surface area contributed by atoms with E-state index in [9.17, 15) is 28.3 Å². The second kappa shape index (κ2) is 8.11. The molecule has 1 aromatic carbocycles. The molecular weight excluding hydrogens is 383 g/mol. The lowest BCUT2D eigenvalue weighted by molar-refractivity contribution is -0.137. The van der Waals surface area contributed by atoms with Gasteiger partial charge in [0.05, 0.1) is 16.8 Å². The van der Waals surface area contributed by atoms with Gasteiger partial charge < -0.3 is 5.11 Å². The quantitative estimate of drug-likeness (QED) is 0.732. The third kappa shape index (κ3) is 4.19. The summed E-state index contributed by atoms with van der Waals surface area (Å²) in [7, 11) is 0. The van der Waals surface area contributed by atoms with Crippen LogP contribution in [0.25, 0.3) is 0 Å². The second-order valence-electron chi connectivity index (χ2n) is 7.12. The van der Waals surface area contributed by atoms with Crippen LogP contribution in [0.3, 0.4) is 0 Å². The third-order valence-electron chi connectivity index (χ3n) is 5.25. The van der Waals surface area contributed by atoms with Crippen LogP contribution in [0.4, 0.5) is 18.9 Å². The van der Waals surface area contributed by atoms with Gasteiger partial charge in [-0.05, 0) is 43.5 Å². The van der Waals surface area contributed by atoms with E-state index >= 15 is 0 Å². The summed E-state index contributed by atoms with van der Waals surface area (Å²) in [6, 6.07) is 6.15. The number of benzene rings is 1. The molecule has 152 valence electrons. The lowest BCUT2D eigenvalue weighted by Gasteiger charge is -2.26. The number of halogens is 3. The number of aromatic nitrogens is 1. The van der Waals surface area contributed by atoms with Crippen molar-refractivity contribution in [3.05, 3.63) is 56.9 Å². The minimum atomic E-state index is -4.49. The summed E-state index contributed by atoms with van der Waals surface area (Å²) in [5.41, 5.74) is -1.03. The maximum Gasteiger partial charge on any atom is 0.416 e. The molecule has 2 aromatic rings. The fraction of sp³-hybridized carbons (Fsp3) is 0.381. The van der Waals surface area contributed by atoms with Crippen molar-refractivity contribution >= 4 is 11.9 Å². The SMILES string of the molecule is Cc1c(C=Nc2cccc(C(F)(F)F)c2)c(O)n(C2CCCCC2)c(=O)c1C#N. The highest BCUT2D eigenvalue weighted by Gasteiger charge is 2.30. The van der Waals surface area contributed by atoms with E-state index in [0.717, 1.165) is 31.4 Å². The first kappa shape index (κ1) is 20.6. The van der Waals surface area contributed by atoms with Crippen molar-refractivity contribution < 1.29 is 18.3 Å². The fourth-order valence-electron chi connectivity index (χ4n) is 3.68. The van der Waals surface area contributed by atoms with E-state index in [-0.39, 0.29) is 34.3 Å². The topological polar surface area (TPSA) is 78.4 Å². The predicted molar refractivity (Wildman–Crippen MR) is 103 cm³/mol. The van der Waals surface area contributed by atoms with Crippen molar-refractivity contribution in [2.45, 2.75) is 51.2 Å². The van der Waals surface area contributed by atoms with Crippen molar-refractivity contribution in [2.24, 2.45) is 4.99 Å². The summed E-state index contributed by atoms with van der Waals surface area (Å²) in [5, 5.41) is 20.2. The van der Waals surface area contributed by atoms with Gasteiger partial charge in [0, 0.05) is 12.3 Å². The first-order chi connectivity index (χ1) is 13.7. The van der Waals surface area contributed by atoms with Crippen molar-refractivity contribution in [1.29, 1.82) is 5.26 Å². The van der Waals surface area contributed by atoms with E-state index in [4.69, 9.17) is 0 Å². The highest BCUT2D eigenvalue weighted by atomic mass is 19.4. The van der Waals surface area contributed by atoms with E-state index in [1.54, 1.807) is 0 Å². The van der Waals surface area contributed by atoms with Crippen LogP contribution in [0.2, 0.25) is 0 Å². The number of hydrogen-bond acceptors (Lipinski definition) is 4. The normalized spacial score (nSPS) is 15.6. The molecule has 0 radical (unpaired) electrons. The van der Waals surface area contributed by atoms with Crippen LogP contribution in [0.1, 0.15) is 60.4 Å². The second-order valence-corrected chi connectivity index (χ2v) is 7.12. The van der Waals surface area contributed by atoms with Crippen LogP contribution < -0.4 is 5.56 Å². The molecule has 1 fully saturated rings. The Balaban J connectivity index is 2.09. The van der Waals surface area contributed by atoms with E-state index < -0.39 is 17.3 Å². The molecule has 1 aliphatic rings. The standard InChI is InChI=1S/C21H20F3N3O2/c1-13-17(11-25)19(28)27(16-8-3-2-4-9-16)20(29)18(13)12-26-15-7-5-6-14(10-15)21(22,23)24/h5-7,10,12,16,29H,2-4,8-9H2,1H3. The molecule has 0 bridgehead atoms. The van der Waals surface area contributed by atoms with Crippen molar-refractivity contribution in [2.75, 3.05) is 0 Å². The number of nitriles is 1. The van der Waals surface area contributed by atoms with Crippen LogP contribution >= 0.6 is 0 Å². The fourth-order valence-corrected chi connectivity index (χ4v) is 3.68. The lowest BCUT2D eigenvalue weighted by atomic mass is 9.94. The molecule has 1 heterocycles. The summed E-state index contributed by atoms with van der Waals surface area (Å²) >= 11 is 0. The average Bonchev–Trinajstić information content (AvgIpc) is 2.68. The molecule has 1 N–H and O–H groups in total. The molecule has 0 saturated heterocycles. The minimum absolute atomic E-state index is 0.0487. The lowest BCUT2D eigenvalue weighted by Crippen LogP contribution is -2.30. The van der Waals surface area contributed by atoms with Gasteiger partial charge in [-0.1, -0.05) is 25.3 Å². The van der Waals surface area contributed by atoms with Gasteiger partial charge in [-0.15, -0.1) is 0 Å². The van der Waals surface area contributed by atoms with Gasteiger partial charge in [0.25, 0.3) is 5.56 Å². The number of alkyl halides is 3. The zero-order chi connectivity index (χ0) is 21.2. The van der Waals surface area contributed by atoms with Gasteiger partial charge in [-0.25, -0.2) is 0 Å². The number of nitrogens with zero attached hydrogens (tertiary/aromatic N) is 3. The highest BCUT2D eigenvalue weighted by Crippen LogP contribution is 2.33. The van der Waals surface area contributed by atoms with E-state index in [0.29, 0.717) is 12.8 Å². The van der Waals surface area contributed by atoms with E-state index in [1.165, 1.54) is 29.8 Å². The van der Waals surface area contributed by atoms with Crippen molar-refractivity contribution in [3.8, 4) is 11.9 Å². The molecule has 0 aliphatic heterocycles. The molecule has 1 aliphatic carbocycles. The monoisotopic (exact) mass is 403 g/mol. The van der Waals surface area contributed by atoms with Gasteiger partial charge in [-0.3, -0.25) is 14.4 Å². The Morgan fingerprint density at radius 2 is 1.97 bits per heavy atom. The number of rotatable bonds is 3. The Hall–Kier alpha value is -3.08. The van der Waals surface area contributed by atoms with Crippen LogP contribution in [-0.2, 0) is 6.18 Å². The summed E-state index contributed by atoms with van der Waals surface area (Å²) in [5.74, 6) is -0.311. The van der Waals surface area contributed by atoms with Crippen LogP contribution in [0, 0.1) is 18.3 Å². The Morgan fingerprint density at radius 1 is 1.28 bits per heavy atom. The van der Waals surface area contributed by atoms with Gasteiger partial charge in [-0.2, -0.15) is 18.4 Å². The highest BCUT2D eigenvalue weighted by molar-refractivity contribution is 5.87. The zero-order valence-electron chi connectivity index (χ0n) is 15.8. The van der Waals surface area contributed by atoms with E-state index in [1.807, 2.05) is 6.07 Å². The van der Waals surface area contributed by atoms with Gasteiger partial charge in [0.2, 0.25) is 5.88 Å². The molecule has 1 saturated carbocycles. The summed E-state index contributed by atoms with van der Waals surface area (Å²) in [4.78, 5) is 16.8. The zero-order valence-corrected chi connectivity index (χ0v) is 15.8. The smallest absolute Gasteiger partial charge is 0.416 e. The molecule has 8 heteroatoms. The number of aliphatic imine (C=N–C) groups is 1. The van der Waals surface area contributed by atoms with Crippen LogP contribution in [0.5, 0.6) is 5.88 Å². The van der Waals surface area contributed by atoms with Crippen molar-refractivity contribution in [3.63, 3.8) is 0 Å². The minimum Gasteiger partial charge on any atom is -0.494 e. The molecular formula is C21H20F3N3O2. The van der Waals surface area contributed by atoms with Gasteiger partial charge >= 0.3 is 6.18 Å². The largest absolute Gasteiger partial charge is 0.494 e. The maximum absolute atomic E-state index is 12.9. The Bertz CT molecular complexity index is 1040. The summed E-state index contributed by atoms with van der Waals surface area (Å²) in [6.07, 6.45) is 1.02. The molecule has 1 aromatic heterocycles.